The minimum atomic E-state index is -0.267. The lowest BCUT2D eigenvalue weighted by Gasteiger charge is -2.28. The van der Waals surface area contributed by atoms with Crippen LogP contribution in [-0.4, -0.2) is 37.6 Å². The molecule has 8 heteroatoms. The standard InChI is InChI=1S/C10H10N4O4/c15-6-7-5-11-10(9(13-17)8(7)12-16)14-1-3-18-4-2-14/h5-6H,1-4H2. The van der Waals surface area contributed by atoms with Crippen LogP contribution in [0.5, 0.6) is 0 Å². The van der Waals surface area contributed by atoms with Gasteiger partial charge >= 0.3 is 0 Å². The molecule has 0 radical (unpaired) electrons. The van der Waals surface area contributed by atoms with Crippen molar-refractivity contribution in [2.75, 3.05) is 31.2 Å². The molecule has 8 nitrogen and oxygen atoms in total. The average molecular weight is 250 g/mol. The van der Waals surface area contributed by atoms with Crippen molar-refractivity contribution < 1.29 is 9.53 Å². The van der Waals surface area contributed by atoms with Gasteiger partial charge in [0.1, 0.15) is 0 Å². The maximum Gasteiger partial charge on any atom is 0.180 e. The number of ether oxygens (including phenoxy) is 1. The van der Waals surface area contributed by atoms with Crippen LogP contribution in [0.15, 0.2) is 16.6 Å². The Morgan fingerprint density at radius 1 is 1.22 bits per heavy atom. The van der Waals surface area contributed by atoms with Crippen molar-refractivity contribution in [1.82, 2.24) is 4.98 Å². The Bertz CT molecular complexity index is 485. The number of rotatable bonds is 4. The van der Waals surface area contributed by atoms with Gasteiger partial charge in [-0.3, -0.25) is 4.79 Å². The molecule has 2 rings (SSSR count). The second-order valence-corrected chi connectivity index (χ2v) is 3.63. The number of nitroso groups, excluding NO2 is 2. The molecule has 2 heterocycles. The Balaban J connectivity index is 2.49. The van der Waals surface area contributed by atoms with Crippen LogP contribution in [0.1, 0.15) is 10.4 Å². The zero-order valence-corrected chi connectivity index (χ0v) is 9.40. The first-order valence-corrected chi connectivity index (χ1v) is 5.29. The Labute approximate surface area is 102 Å². The average Bonchev–Trinajstić information content (AvgIpc) is 2.46. The number of nitrogens with zero attached hydrogens (tertiary/aromatic N) is 4. The van der Waals surface area contributed by atoms with Crippen molar-refractivity contribution in [3.8, 4) is 0 Å². The fraction of sp³-hybridized carbons (Fsp3) is 0.400. The number of pyridine rings is 1. The summed E-state index contributed by atoms with van der Waals surface area (Å²) in [4.78, 5) is 38.1. The number of morpholine rings is 1. The summed E-state index contributed by atoms with van der Waals surface area (Å²) in [5.41, 5.74) is -0.510. The van der Waals surface area contributed by atoms with E-state index in [9.17, 15) is 14.6 Å². The van der Waals surface area contributed by atoms with Gasteiger partial charge < -0.3 is 9.64 Å². The largest absolute Gasteiger partial charge is 0.378 e. The summed E-state index contributed by atoms with van der Waals surface area (Å²) in [6.07, 6.45) is 1.63. The first-order chi connectivity index (χ1) is 8.81. The number of aldehydes is 1. The molecule has 1 saturated heterocycles. The van der Waals surface area contributed by atoms with E-state index in [1.54, 1.807) is 4.90 Å². The highest BCUT2D eigenvalue weighted by Crippen LogP contribution is 2.38. The van der Waals surface area contributed by atoms with Crippen LogP contribution in [0.3, 0.4) is 0 Å². The van der Waals surface area contributed by atoms with Crippen molar-refractivity contribution in [1.29, 1.82) is 0 Å². The normalized spacial score (nSPS) is 15.2. The Morgan fingerprint density at radius 3 is 2.44 bits per heavy atom. The summed E-state index contributed by atoms with van der Waals surface area (Å²) in [5.74, 6) is 0.258. The van der Waals surface area contributed by atoms with Crippen LogP contribution in [-0.2, 0) is 4.74 Å². The van der Waals surface area contributed by atoms with Gasteiger partial charge in [0.15, 0.2) is 23.5 Å². The molecule has 18 heavy (non-hydrogen) atoms. The molecule has 1 fully saturated rings. The minimum Gasteiger partial charge on any atom is -0.378 e. The van der Waals surface area contributed by atoms with Crippen molar-refractivity contribution in [3.63, 3.8) is 0 Å². The van der Waals surface area contributed by atoms with E-state index in [2.05, 4.69) is 15.3 Å². The Kier molecular flexibility index (Phi) is 3.68. The molecule has 0 aromatic carbocycles. The highest BCUT2D eigenvalue weighted by molar-refractivity contribution is 5.90. The summed E-state index contributed by atoms with van der Waals surface area (Å²) >= 11 is 0. The van der Waals surface area contributed by atoms with Crippen LogP contribution in [0.25, 0.3) is 0 Å². The SMILES string of the molecule is O=Cc1cnc(N2CCOCC2)c(N=O)c1N=O. The summed E-state index contributed by atoms with van der Waals surface area (Å²) in [6, 6.07) is 0. The summed E-state index contributed by atoms with van der Waals surface area (Å²) in [5, 5.41) is 5.47. The summed E-state index contributed by atoms with van der Waals surface area (Å²) in [7, 11) is 0. The van der Waals surface area contributed by atoms with Gasteiger partial charge in [0.05, 0.1) is 18.8 Å². The van der Waals surface area contributed by atoms with Gasteiger partial charge in [-0.1, -0.05) is 0 Å². The zero-order chi connectivity index (χ0) is 13.0. The van der Waals surface area contributed by atoms with E-state index < -0.39 is 0 Å². The van der Waals surface area contributed by atoms with Crippen molar-refractivity contribution >= 4 is 23.5 Å². The van der Waals surface area contributed by atoms with Gasteiger partial charge in [0, 0.05) is 19.3 Å². The Hall–Kier alpha value is -2.22. The summed E-state index contributed by atoms with van der Waals surface area (Å²) < 4.78 is 5.18. The van der Waals surface area contributed by atoms with Crippen LogP contribution < -0.4 is 4.90 Å². The molecule has 0 amide bonds. The summed E-state index contributed by atoms with van der Waals surface area (Å²) in [6.45, 7) is 2.07. The quantitative estimate of drug-likeness (QED) is 0.593. The molecular weight excluding hydrogens is 240 g/mol. The number of anilines is 1. The predicted molar refractivity (Wildman–Crippen MR) is 63.6 cm³/mol. The van der Waals surface area contributed by atoms with Gasteiger partial charge in [-0.05, 0) is 10.4 Å². The Morgan fingerprint density at radius 2 is 1.89 bits per heavy atom. The molecule has 1 aliphatic rings. The topological polar surface area (TPSA) is 101 Å². The van der Waals surface area contributed by atoms with Crippen molar-refractivity contribution in [3.05, 3.63) is 21.6 Å². The lowest BCUT2D eigenvalue weighted by atomic mass is 10.2. The third kappa shape index (κ3) is 2.09. The van der Waals surface area contributed by atoms with Crippen molar-refractivity contribution in [2.24, 2.45) is 10.4 Å². The van der Waals surface area contributed by atoms with E-state index in [-0.39, 0.29) is 22.8 Å². The smallest absolute Gasteiger partial charge is 0.180 e. The molecule has 0 spiro atoms. The molecular formula is C10H10N4O4. The number of carbonyl (C=O) groups excluding carboxylic acids is 1. The van der Waals surface area contributed by atoms with Crippen LogP contribution >= 0.6 is 0 Å². The van der Waals surface area contributed by atoms with Crippen LogP contribution in [0.2, 0.25) is 0 Å². The second kappa shape index (κ2) is 5.41. The molecule has 1 aromatic heterocycles. The molecule has 0 bridgehead atoms. The first kappa shape index (κ1) is 12.2. The molecule has 0 unspecified atom stereocenters. The first-order valence-electron chi connectivity index (χ1n) is 5.29. The molecule has 0 atom stereocenters. The molecule has 1 aliphatic heterocycles. The van der Waals surface area contributed by atoms with E-state index in [1.165, 1.54) is 6.20 Å². The van der Waals surface area contributed by atoms with Gasteiger partial charge in [0.25, 0.3) is 0 Å². The predicted octanol–water partition coefficient (Wildman–Crippen LogP) is 1.53. The third-order valence-corrected chi connectivity index (χ3v) is 2.66. The highest BCUT2D eigenvalue weighted by atomic mass is 16.5. The monoisotopic (exact) mass is 250 g/mol. The van der Waals surface area contributed by atoms with Gasteiger partial charge in [-0.15, -0.1) is 9.81 Å². The number of aromatic nitrogens is 1. The fourth-order valence-corrected chi connectivity index (χ4v) is 1.77. The second-order valence-electron chi connectivity index (χ2n) is 3.63. The maximum absolute atomic E-state index is 10.9. The molecule has 0 saturated carbocycles. The minimum absolute atomic E-state index is 0.0448. The maximum atomic E-state index is 10.9. The van der Waals surface area contributed by atoms with E-state index in [0.717, 1.165) is 0 Å². The number of carbonyl (C=O) groups is 1. The van der Waals surface area contributed by atoms with Crippen LogP contribution in [0.4, 0.5) is 17.2 Å². The number of hydrogen-bond acceptors (Lipinski definition) is 8. The van der Waals surface area contributed by atoms with E-state index in [1.807, 2.05) is 0 Å². The molecule has 0 N–H and O–H groups in total. The van der Waals surface area contributed by atoms with E-state index in [4.69, 9.17) is 4.74 Å². The van der Waals surface area contributed by atoms with Crippen LogP contribution in [0, 0.1) is 9.81 Å². The lowest BCUT2D eigenvalue weighted by molar-refractivity contribution is 0.112. The van der Waals surface area contributed by atoms with Gasteiger partial charge in [0.2, 0.25) is 0 Å². The van der Waals surface area contributed by atoms with Gasteiger partial charge in [-0.25, -0.2) is 4.98 Å². The fourth-order valence-electron chi connectivity index (χ4n) is 1.77. The van der Waals surface area contributed by atoms with Crippen molar-refractivity contribution in [2.45, 2.75) is 0 Å². The molecule has 1 aromatic rings. The zero-order valence-electron chi connectivity index (χ0n) is 9.40. The molecule has 0 aliphatic carbocycles. The molecule has 94 valence electrons. The van der Waals surface area contributed by atoms with Gasteiger partial charge in [-0.2, -0.15) is 0 Å². The van der Waals surface area contributed by atoms with E-state index in [0.29, 0.717) is 32.6 Å². The lowest BCUT2D eigenvalue weighted by Crippen LogP contribution is -2.36. The number of hydrogen-bond donors (Lipinski definition) is 0. The highest BCUT2D eigenvalue weighted by Gasteiger charge is 2.22. The third-order valence-electron chi connectivity index (χ3n) is 2.66. The van der Waals surface area contributed by atoms with E-state index >= 15 is 0 Å².